The van der Waals surface area contributed by atoms with E-state index < -0.39 is 16.4 Å². The molecule has 2 N–H and O–H groups in total. The van der Waals surface area contributed by atoms with Crippen molar-refractivity contribution in [3.63, 3.8) is 0 Å². The van der Waals surface area contributed by atoms with E-state index in [4.69, 9.17) is 23.1 Å². The summed E-state index contributed by atoms with van der Waals surface area (Å²) >= 11 is 0. The van der Waals surface area contributed by atoms with E-state index in [1.165, 1.54) is 0 Å². The molecule has 0 saturated carbocycles. The van der Waals surface area contributed by atoms with Crippen LogP contribution >= 0.6 is 7.60 Å². The fourth-order valence-electron chi connectivity index (χ4n) is 1.83. The monoisotopic (exact) mass is 328 g/mol. The Hall–Kier alpha value is 0.247. The van der Waals surface area contributed by atoms with Gasteiger partial charge >= 0.3 is 16.4 Å². The quantitative estimate of drug-likeness (QED) is 0.423. The van der Waals surface area contributed by atoms with E-state index in [-0.39, 0.29) is 12.2 Å². The zero-order valence-corrected chi connectivity index (χ0v) is 14.9. The predicted molar refractivity (Wildman–Crippen MR) is 80.7 cm³/mol. The topological polar surface area (TPSA) is 85.2 Å². The first-order valence-electron chi connectivity index (χ1n) is 7.28. The summed E-state index contributed by atoms with van der Waals surface area (Å²) in [4.78, 5) is 18.1. The first-order valence-corrected chi connectivity index (χ1v) is 11.0. The van der Waals surface area contributed by atoms with Crippen LogP contribution in [0.4, 0.5) is 0 Å². The number of hydrogen-bond donors (Lipinski definition) is 2. The molecule has 0 saturated heterocycles. The van der Waals surface area contributed by atoms with E-state index in [1.807, 2.05) is 13.8 Å². The summed E-state index contributed by atoms with van der Waals surface area (Å²) in [7, 11) is -7.07. The molecular formula is C12H29O6PSi. The minimum absolute atomic E-state index is 0.152. The van der Waals surface area contributed by atoms with E-state index in [2.05, 4.69) is 13.8 Å². The van der Waals surface area contributed by atoms with Crippen LogP contribution in [-0.4, -0.2) is 44.6 Å². The molecule has 0 atom stereocenters. The highest BCUT2D eigenvalue weighted by Crippen LogP contribution is 2.37. The van der Waals surface area contributed by atoms with Gasteiger partial charge in [-0.15, -0.1) is 0 Å². The van der Waals surface area contributed by atoms with Crippen molar-refractivity contribution in [2.24, 2.45) is 5.92 Å². The van der Waals surface area contributed by atoms with Gasteiger partial charge < -0.3 is 23.1 Å². The molecule has 0 bridgehead atoms. The second-order valence-electron chi connectivity index (χ2n) is 4.68. The summed E-state index contributed by atoms with van der Waals surface area (Å²) < 4.78 is 28.3. The molecule has 0 amide bonds. The van der Waals surface area contributed by atoms with Crippen molar-refractivity contribution in [3.8, 4) is 0 Å². The Morgan fingerprint density at radius 1 is 1.00 bits per heavy atom. The lowest BCUT2D eigenvalue weighted by atomic mass is 10.1. The third kappa shape index (κ3) is 8.52. The minimum atomic E-state index is -4.08. The Bertz CT molecular complexity index is 286. The fraction of sp³-hybridized carbons (Fsp3) is 1.00. The van der Waals surface area contributed by atoms with Crippen LogP contribution in [-0.2, 0) is 17.8 Å². The standard InChI is InChI=1S/C12H29O6PSi/c1-5-12(6-2)11-18-20(16-7-3,17-8-4)10-9-19(13,14)15/h12H,5-11H2,1-4H3,(H2,13,14,15). The van der Waals surface area contributed by atoms with Crippen LogP contribution in [0.1, 0.15) is 40.5 Å². The van der Waals surface area contributed by atoms with Crippen molar-refractivity contribution >= 4 is 16.4 Å². The number of rotatable bonds is 12. The smallest absolute Gasteiger partial charge is 0.374 e. The Kier molecular flexibility index (Phi) is 10.2. The molecule has 0 aromatic carbocycles. The van der Waals surface area contributed by atoms with E-state index >= 15 is 0 Å². The van der Waals surface area contributed by atoms with Gasteiger partial charge in [0.15, 0.2) is 0 Å². The van der Waals surface area contributed by atoms with Gasteiger partial charge in [-0.2, -0.15) is 0 Å². The summed E-state index contributed by atoms with van der Waals surface area (Å²) in [6.07, 6.45) is 1.73. The Labute approximate surface area is 123 Å². The lowest BCUT2D eigenvalue weighted by Gasteiger charge is -2.30. The molecule has 0 aliphatic rings. The molecule has 8 heteroatoms. The molecule has 122 valence electrons. The molecule has 0 aromatic rings. The molecule has 0 unspecified atom stereocenters. The second-order valence-corrected chi connectivity index (χ2v) is 9.19. The Morgan fingerprint density at radius 2 is 1.50 bits per heavy atom. The van der Waals surface area contributed by atoms with Gasteiger partial charge in [-0.1, -0.05) is 26.7 Å². The lowest BCUT2D eigenvalue weighted by Crippen LogP contribution is -2.47. The first kappa shape index (κ1) is 20.2. The average molecular weight is 328 g/mol. The SMILES string of the molecule is CCO[Si](CCP(=O)(O)O)(OCC)OCC(CC)CC. The van der Waals surface area contributed by atoms with E-state index in [0.29, 0.717) is 25.7 Å². The maximum absolute atomic E-state index is 11.1. The number of hydrogen-bond acceptors (Lipinski definition) is 4. The normalized spacial score (nSPS) is 13.2. The van der Waals surface area contributed by atoms with E-state index in [1.54, 1.807) is 0 Å². The van der Waals surface area contributed by atoms with Gasteiger partial charge in [-0.05, 0) is 19.8 Å². The van der Waals surface area contributed by atoms with Crippen LogP contribution in [0.15, 0.2) is 0 Å². The predicted octanol–water partition coefficient (Wildman–Crippen LogP) is 2.63. The van der Waals surface area contributed by atoms with Crippen LogP contribution in [0.3, 0.4) is 0 Å². The van der Waals surface area contributed by atoms with Crippen LogP contribution in [0.25, 0.3) is 0 Å². The first-order chi connectivity index (χ1) is 9.32. The van der Waals surface area contributed by atoms with Gasteiger partial charge in [-0.25, -0.2) is 0 Å². The molecular weight excluding hydrogens is 299 g/mol. The van der Waals surface area contributed by atoms with Crippen LogP contribution in [0.5, 0.6) is 0 Å². The maximum atomic E-state index is 11.1. The van der Waals surface area contributed by atoms with Gasteiger partial charge in [0.25, 0.3) is 0 Å². The van der Waals surface area contributed by atoms with Crippen LogP contribution in [0.2, 0.25) is 6.04 Å². The molecule has 0 aliphatic carbocycles. The molecule has 0 spiro atoms. The summed E-state index contributed by atoms with van der Waals surface area (Å²) in [6, 6.07) is 0.152. The largest absolute Gasteiger partial charge is 0.501 e. The van der Waals surface area contributed by atoms with Gasteiger partial charge in [0.2, 0.25) is 0 Å². The van der Waals surface area contributed by atoms with Gasteiger partial charge in [0, 0.05) is 25.9 Å². The minimum Gasteiger partial charge on any atom is -0.374 e. The third-order valence-corrected chi connectivity index (χ3v) is 7.28. The zero-order valence-electron chi connectivity index (χ0n) is 13.0. The van der Waals surface area contributed by atoms with Crippen molar-refractivity contribution in [3.05, 3.63) is 0 Å². The molecule has 6 nitrogen and oxygen atoms in total. The molecule has 0 radical (unpaired) electrons. The molecule has 0 aromatic heterocycles. The summed E-state index contributed by atoms with van der Waals surface area (Å²) in [5.74, 6) is 0.415. The van der Waals surface area contributed by atoms with Gasteiger partial charge in [0.05, 0.1) is 6.16 Å². The third-order valence-electron chi connectivity index (χ3n) is 3.13. The Morgan fingerprint density at radius 3 is 1.85 bits per heavy atom. The van der Waals surface area contributed by atoms with Crippen molar-refractivity contribution in [2.45, 2.75) is 46.6 Å². The highest BCUT2D eigenvalue weighted by atomic mass is 31.2. The van der Waals surface area contributed by atoms with Gasteiger partial charge in [-0.3, -0.25) is 4.57 Å². The van der Waals surface area contributed by atoms with E-state index in [9.17, 15) is 4.57 Å². The maximum Gasteiger partial charge on any atom is 0.501 e. The van der Waals surface area contributed by atoms with Crippen molar-refractivity contribution in [1.29, 1.82) is 0 Å². The van der Waals surface area contributed by atoms with Gasteiger partial charge in [0.1, 0.15) is 0 Å². The van der Waals surface area contributed by atoms with Crippen LogP contribution in [0, 0.1) is 5.92 Å². The van der Waals surface area contributed by atoms with Crippen molar-refractivity contribution in [1.82, 2.24) is 0 Å². The molecule has 0 heterocycles. The van der Waals surface area contributed by atoms with Crippen molar-refractivity contribution < 1.29 is 27.6 Å². The highest BCUT2D eigenvalue weighted by Gasteiger charge is 2.42. The molecule has 20 heavy (non-hydrogen) atoms. The summed E-state index contributed by atoms with van der Waals surface area (Å²) in [6.45, 7) is 9.19. The molecule has 0 aliphatic heterocycles. The summed E-state index contributed by atoms with van der Waals surface area (Å²) in [5, 5.41) is 0. The highest BCUT2D eigenvalue weighted by molar-refractivity contribution is 7.51. The second kappa shape index (κ2) is 10.1. The average Bonchev–Trinajstić information content (AvgIpc) is 2.37. The summed E-state index contributed by atoms with van der Waals surface area (Å²) in [5.41, 5.74) is 0. The fourth-order valence-corrected chi connectivity index (χ4v) is 6.15. The van der Waals surface area contributed by atoms with E-state index in [0.717, 1.165) is 12.8 Å². The van der Waals surface area contributed by atoms with Crippen LogP contribution < -0.4 is 0 Å². The molecule has 0 rings (SSSR count). The van der Waals surface area contributed by atoms with Crippen molar-refractivity contribution in [2.75, 3.05) is 26.0 Å². The molecule has 0 fully saturated rings. The lowest BCUT2D eigenvalue weighted by molar-refractivity contribution is 0.0545. The Balaban J connectivity index is 4.76. The zero-order chi connectivity index (χ0) is 15.6.